The summed E-state index contributed by atoms with van der Waals surface area (Å²) in [6.07, 6.45) is 6.43. The molecule has 1 aromatic heterocycles. The maximum absolute atomic E-state index is 7.71. The van der Waals surface area contributed by atoms with Gasteiger partial charge in [-0.3, -0.25) is 0 Å². The van der Waals surface area contributed by atoms with Gasteiger partial charge in [-0.15, -0.1) is 0 Å². The zero-order valence-electron chi connectivity index (χ0n) is 35.0. The molecule has 0 fully saturated rings. The van der Waals surface area contributed by atoms with E-state index in [1.165, 1.54) is 22.3 Å². The molecule has 1 aliphatic carbocycles. The van der Waals surface area contributed by atoms with Gasteiger partial charge >= 0.3 is 0 Å². The summed E-state index contributed by atoms with van der Waals surface area (Å²) in [6, 6.07) is 52.4. The Hall–Kier alpha value is -7.18. The molecule has 2 aliphatic rings. The highest BCUT2D eigenvalue weighted by atomic mass is 16.5. The molecule has 0 spiro atoms. The monoisotopic (exact) mass is 798 g/mol. The molecule has 61 heavy (non-hydrogen) atoms. The van der Waals surface area contributed by atoms with Crippen molar-refractivity contribution in [1.82, 2.24) is 9.97 Å². The van der Waals surface area contributed by atoms with Gasteiger partial charge in [0.15, 0.2) is 22.9 Å². The van der Waals surface area contributed by atoms with Crippen LogP contribution >= 0.6 is 0 Å². The summed E-state index contributed by atoms with van der Waals surface area (Å²) < 4.78 is 25.3. The van der Waals surface area contributed by atoms with Crippen molar-refractivity contribution in [2.24, 2.45) is 0 Å². The van der Waals surface area contributed by atoms with Crippen molar-refractivity contribution in [1.29, 1.82) is 0 Å². The number of rotatable bonds is 10. The first-order valence-corrected chi connectivity index (χ1v) is 20.9. The zero-order chi connectivity index (χ0) is 41.7. The second-order valence-corrected chi connectivity index (χ2v) is 15.8. The number of nitrogens with zero attached hydrogens (tertiary/aromatic N) is 2. The van der Waals surface area contributed by atoms with Crippen molar-refractivity contribution in [3.8, 4) is 68.0 Å². The molecule has 10 rings (SSSR count). The zero-order valence-corrected chi connectivity index (χ0v) is 35.0. The molecule has 1 unspecified atom stereocenters. The summed E-state index contributed by atoms with van der Waals surface area (Å²) in [7, 11) is 5.07. The van der Waals surface area contributed by atoms with Crippen LogP contribution in [-0.2, 0) is 11.0 Å². The summed E-state index contributed by atoms with van der Waals surface area (Å²) in [5, 5.41) is 2.04. The van der Waals surface area contributed by atoms with Crippen molar-refractivity contribution in [2.45, 2.75) is 37.7 Å². The average molecular weight is 799 g/mol. The average Bonchev–Trinajstić information content (AvgIpc) is 3.64. The van der Waals surface area contributed by atoms with Crippen molar-refractivity contribution in [2.75, 3.05) is 21.3 Å². The Bertz CT molecular complexity index is 2900. The van der Waals surface area contributed by atoms with Gasteiger partial charge in [0, 0.05) is 44.2 Å². The number of hydrogen-bond acceptors (Lipinski definition) is 6. The van der Waals surface area contributed by atoms with Gasteiger partial charge in [0.25, 0.3) is 0 Å². The second kappa shape index (κ2) is 15.1. The van der Waals surface area contributed by atoms with Crippen LogP contribution in [-0.4, -0.2) is 31.3 Å². The molecule has 6 nitrogen and oxygen atoms in total. The van der Waals surface area contributed by atoms with Gasteiger partial charge in [-0.25, -0.2) is 9.97 Å². The number of ether oxygens (including phenoxy) is 4. The fourth-order valence-electron chi connectivity index (χ4n) is 9.75. The molecule has 6 heteroatoms. The third-order valence-electron chi connectivity index (χ3n) is 12.9. The molecule has 0 bridgehead atoms. The Labute approximate surface area is 357 Å². The minimum Gasteiger partial charge on any atom is -0.497 e. The summed E-state index contributed by atoms with van der Waals surface area (Å²) in [6.45, 7) is 4.61. The van der Waals surface area contributed by atoms with Crippen LogP contribution in [0.25, 0.3) is 61.9 Å². The van der Waals surface area contributed by atoms with Crippen LogP contribution in [0.15, 0.2) is 158 Å². The predicted molar refractivity (Wildman–Crippen MR) is 246 cm³/mol. The van der Waals surface area contributed by atoms with Gasteiger partial charge in [0.2, 0.25) is 0 Å². The summed E-state index contributed by atoms with van der Waals surface area (Å²) in [4.78, 5) is 10.1. The van der Waals surface area contributed by atoms with E-state index in [1.54, 1.807) is 21.3 Å². The largest absolute Gasteiger partial charge is 0.497 e. The standard InChI is InChI=1S/C55H46N2O4/c1-6-54(7-2)45-21-15-14-20-41(45)50-43-32-48(59-4)49(60-5)33-44(43)52-42(51(50)54)30-31-55(61-52,39-26-28-40(58-3)29-27-39)38-24-22-36(23-25-38)47-34-46(35-16-10-8-11-17-35)56-53(57-47)37-18-12-9-13-19-37/h8-34H,6-7H2,1-5H3. The molecular weight excluding hydrogens is 753 g/mol. The Morgan fingerprint density at radius 1 is 0.557 bits per heavy atom. The van der Waals surface area contributed by atoms with E-state index in [0.29, 0.717) is 17.3 Å². The molecule has 0 radical (unpaired) electrons. The lowest BCUT2D eigenvalue weighted by molar-refractivity contribution is 0.163. The van der Waals surface area contributed by atoms with Crippen LogP contribution in [0.4, 0.5) is 0 Å². The SMILES string of the molecule is CCC1(CC)c2ccccc2-c2c1c1c(c3cc(OC)c(OC)cc23)OC(c2ccc(OC)cc2)(c2ccc(-c3cc(-c4ccccc4)nc(-c4ccccc4)n3)cc2)C=C1. The van der Waals surface area contributed by atoms with Crippen LogP contribution < -0.4 is 18.9 Å². The van der Waals surface area contributed by atoms with Crippen LogP contribution in [0.1, 0.15) is 54.5 Å². The first-order valence-electron chi connectivity index (χ1n) is 20.9. The Kier molecular flexibility index (Phi) is 9.44. The topological polar surface area (TPSA) is 62.7 Å². The fourth-order valence-corrected chi connectivity index (χ4v) is 9.75. The van der Waals surface area contributed by atoms with E-state index in [9.17, 15) is 0 Å². The molecule has 2 heterocycles. The molecule has 7 aromatic carbocycles. The van der Waals surface area contributed by atoms with Crippen LogP contribution in [0.3, 0.4) is 0 Å². The first-order chi connectivity index (χ1) is 29.9. The molecular formula is C55H46N2O4. The van der Waals surface area contributed by atoms with E-state index in [-0.39, 0.29) is 5.41 Å². The lowest BCUT2D eigenvalue weighted by Gasteiger charge is -2.39. The molecule has 0 N–H and O–H groups in total. The molecule has 300 valence electrons. The molecule has 0 amide bonds. The van der Waals surface area contributed by atoms with Crippen molar-refractivity contribution in [3.63, 3.8) is 0 Å². The van der Waals surface area contributed by atoms with E-state index in [1.807, 2.05) is 48.5 Å². The maximum atomic E-state index is 7.71. The van der Waals surface area contributed by atoms with Gasteiger partial charge in [0.1, 0.15) is 11.5 Å². The van der Waals surface area contributed by atoms with Gasteiger partial charge < -0.3 is 18.9 Å². The fraction of sp³-hybridized carbons (Fsp3) is 0.164. The summed E-state index contributed by atoms with van der Waals surface area (Å²) >= 11 is 0. The lowest BCUT2D eigenvalue weighted by atomic mass is 9.71. The Morgan fingerprint density at radius 2 is 1.11 bits per heavy atom. The van der Waals surface area contributed by atoms with E-state index in [2.05, 4.69) is 129 Å². The van der Waals surface area contributed by atoms with Crippen molar-refractivity contribution < 1.29 is 18.9 Å². The number of benzene rings is 7. The maximum Gasteiger partial charge on any atom is 0.178 e. The summed E-state index contributed by atoms with van der Waals surface area (Å²) in [5.41, 5.74) is 11.6. The number of fused-ring (bicyclic) bond motifs is 8. The normalized spacial score (nSPS) is 15.7. The highest BCUT2D eigenvalue weighted by molar-refractivity contribution is 6.09. The van der Waals surface area contributed by atoms with E-state index < -0.39 is 5.60 Å². The van der Waals surface area contributed by atoms with Crippen LogP contribution in [0.2, 0.25) is 0 Å². The molecule has 1 aliphatic heterocycles. The quantitative estimate of drug-likeness (QED) is 0.137. The van der Waals surface area contributed by atoms with Crippen molar-refractivity contribution in [3.05, 3.63) is 186 Å². The van der Waals surface area contributed by atoms with Crippen LogP contribution in [0.5, 0.6) is 23.0 Å². The van der Waals surface area contributed by atoms with E-state index in [4.69, 9.17) is 28.9 Å². The molecule has 1 atom stereocenters. The third-order valence-corrected chi connectivity index (χ3v) is 12.9. The number of methoxy groups -OCH3 is 3. The number of aromatic nitrogens is 2. The van der Waals surface area contributed by atoms with Gasteiger partial charge in [-0.05, 0) is 76.9 Å². The summed E-state index contributed by atoms with van der Waals surface area (Å²) in [5.74, 6) is 3.59. The Balaban J connectivity index is 1.18. The van der Waals surface area contributed by atoms with E-state index >= 15 is 0 Å². The molecule has 0 saturated heterocycles. The minimum atomic E-state index is -1.01. The van der Waals surface area contributed by atoms with E-state index in [0.717, 1.165) is 79.9 Å². The Morgan fingerprint density at radius 3 is 1.72 bits per heavy atom. The van der Waals surface area contributed by atoms with Crippen LogP contribution in [0, 0.1) is 0 Å². The third kappa shape index (κ3) is 6.00. The molecule has 8 aromatic rings. The minimum absolute atomic E-state index is 0.207. The first kappa shape index (κ1) is 38.0. The highest BCUT2D eigenvalue weighted by Gasteiger charge is 2.47. The van der Waals surface area contributed by atoms with Gasteiger partial charge in [-0.1, -0.05) is 141 Å². The van der Waals surface area contributed by atoms with Crippen molar-refractivity contribution >= 4 is 16.8 Å². The second-order valence-electron chi connectivity index (χ2n) is 15.8. The smallest absolute Gasteiger partial charge is 0.178 e. The molecule has 0 saturated carbocycles. The number of hydrogen-bond donors (Lipinski definition) is 0. The lowest BCUT2D eigenvalue weighted by Crippen LogP contribution is -2.35. The van der Waals surface area contributed by atoms with Gasteiger partial charge in [0.05, 0.1) is 32.7 Å². The highest BCUT2D eigenvalue weighted by Crippen LogP contribution is 2.61. The van der Waals surface area contributed by atoms with Gasteiger partial charge in [-0.2, -0.15) is 0 Å². The predicted octanol–water partition coefficient (Wildman–Crippen LogP) is 13.1.